The molecule has 6 rings (SSSR count). The number of aryl methyl sites for hydroxylation is 4. The summed E-state index contributed by atoms with van der Waals surface area (Å²) in [4.78, 5) is 16.0. The third-order valence-corrected chi connectivity index (χ3v) is 7.25. The van der Waals surface area contributed by atoms with Crippen LogP contribution < -0.4 is 10.2 Å². The summed E-state index contributed by atoms with van der Waals surface area (Å²) >= 11 is 0. The zero-order valence-corrected chi connectivity index (χ0v) is 32.1. The SMILES string of the molecule is [O-]c1cc(O)ccc1/C=N/O.[O-]c1cc(O)ccc1/C=N/O.[Zn+2].c1cc(CCCc2ccncc2)ccn1.c1cc(CCCc2ccncc2)ccn1. The average molecular weight is 766 g/mol. The number of nitrogens with zero attached hydrogens (tertiary/aromatic N) is 6. The summed E-state index contributed by atoms with van der Waals surface area (Å²) in [6, 6.07) is 24.1. The van der Waals surface area contributed by atoms with Gasteiger partial charge in [0, 0.05) is 49.6 Å². The fourth-order valence-electron chi connectivity index (χ4n) is 4.57. The molecule has 0 radical (unpaired) electrons. The van der Waals surface area contributed by atoms with Crippen molar-refractivity contribution in [2.24, 2.45) is 10.3 Å². The van der Waals surface area contributed by atoms with E-state index in [4.69, 9.17) is 20.6 Å². The minimum atomic E-state index is -0.372. The Morgan fingerprint density at radius 2 is 0.717 bits per heavy atom. The van der Waals surface area contributed by atoms with Crippen molar-refractivity contribution in [2.75, 3.05) is 0 Å². The van der Waals surface area contributed by atoms with Gasteiger partial charge in [0.15, 0.2) is 0 Å². The first-order chi connectivity index (χ1) is 25.4. The Morgan fingerprint density at radius 3 is 0.943 bits per heavy atom. The van der Waals surface area contributed by atoms with Crippen LogP contribution in [-0.4, -0.2) is 53.0 Å². The molecule has 13 heteroatoms. The van der Waals surface area contributed by atoms with Gasteiger partial charge in [-0.05, 0) is 145 Å². The van der Waals surface area contributed by atoms with Crippen molar-refractivity contribution in [3.63, 3.8) is 0 Å². The van der Waals surface area contributed by atoms with E-state index >= 15 is 0 Å². The van der Waals surface area contributed by atoms with Gasteiger partial charge in [-0.15, -0.1) is 0 Å². The van der Waals surface area contributed by atoms with Crippen LogP contribution in [0.1, 0.15) is 46.2 Å². The van der Waals surface area contributed by atoms with Gasteiger partial charge in [-0.25, -0.2) is 0 Å². The Kier molecular flexibility index (Phi) is 20.8. The molecule has 53 heavy (non-hydrogen) atoms. The fourth-order valence-corrected chi connectivity index (χ4v) is 4.57. The van der Waals surface area contributed by atoms with Gasteiger partial charge < -0.3 is 30.8 Å². The molecular weight excluding hydrogens is 726 g/mol. The molecule has 0 saturated heterocycles. The van der Waals surface area contributed by atoms with E-state index in [2.05, 4.69) is 78.8 Å². The number of benzene rings is 2. The smallest absolute Gasteiger partial charge is 0.872 e. The molecule has 0 unspecified atom stereocenters. The van der Waals surface area contributed by atoms with Gasteiger partial charge in [0.25, 0.3) is 0 Å². The van der Waals surface area contributed by atoms with Crippen molar-refractivity contribution in [2.45, 2.75) is 38.5 Å². The van der Waals surface area contributed by atoms with E-state index in [1.807, 2.05) is 49.6 Å². The molecule has 0 spiro atoms. The zero-order valence-electron chi connectivity index (χ0n) is 29.1. The van der Waals surface area contributed by atoms with Crippen molar-refractivity contribution in [3.05, 3.63) is 168 Å². The number of phenols is 2. The summed E-state index contributed by atoms with van der Waals surface area (Å²) in [5.41, 5.74) is 5.92. The second-order valence-electron chi connectivity index (χ2n) is 11.1. The first-order valence-corrected chi connectivity index (χ1v) is 16.3. The predicted molar refractivity (Wildman–Crippen MR) is 195 cm³/mol. The van der Waals surface area contributed by atoms with E-state index < -0.39 is 0 Å². The largest absolute Gasteiger partial charge is 2.00 e. The Bertz CT molecular complexity index is 1690. The molecule has 0 aliphatic carbocycles. The van der Waals surface area contributed by atoms with E-state index in [0.717, 1.165) is 50.2 Å². The molecule has 0 saturated carbocycles. The maximum Gasteiger partial charge on any atom is 2.00 e. The summed E-state index contributed by atoms with van der Waals surface area (Å²) in [6.07, 6.45) is 23.6. The summed E-state index contributed by atoms with van der Waals surface area (Å²) in [7, 11) is 0. The number of phenolic OH excluding ortho intramolecular Hbond substituents is 2. The summed E-state index contributed by atoms with van der Waals surface area (Å²) in [5, 5.41) is 60.9. The minimum Gasteiger partial charge on any atom is -0.872 e. The second-order valence-corrected chi connectivity index (χ2v) is 11.1. The van der Waals surface area contributed by atoms with Crippen LogP contribution in [0.3, 0.4) is 0 Å². The van der Waals surface area contributed by atoms with Gasteiger partial charge in [-0.2, -0.15) is 0 Å². The van der Waals surface area contributed by atoms with Crippen LogP contribution in [0, 0.1) is 0 Å². The molecule has 0 atom stereocenters. The molecule has 2 aromatic carbocycles. The molecule has 4 heterocycles. The monoisotopic (exact) mass is 764 g/mol. The molecule has 4 aromatic heterocycles. The van der Waals surface area contributed by atoms with E-state index in [1.54, 1.807) is 0 Å². The van der Waals surface area contributed by atoms with Gasteiger partial charge in [-0.3, -0.25) is 19.9 Å². The van der Waals surface area contributed by atoms with Crippen LogP contribution in [0.2, 0.25) is 0 Å². The van der Waals surface area contributed by atoms with E-state index in [0.29, 0.717) is 0 Å². The fraction of sp³-hybridized carbons (Fsp3) is 0.150. The third kappa shape index (κ3) is 18.0. The number of aromatic hydroxyl groups is 2. The van der Waals surface area contributed by atoms with Crippen molar-refractivity contribution < 1.29 is 50.3 Å². The summed E-state index contributed by atoms with van der Waals surface area (Å²) in [6.45, 7) is 0. The Hall–Kier alpha value is -6.20. The number of pyridine rings is 4. The predicted octanol–water partition coefficient (Wildman–Crippen LogP) is 5.85. The molecule has 0 aliphatic rings. The van der Waals surface area contributed by atoms with Crippen molar-refractivity contribution in [1.82, 2.24) is 19.9 Å². The first-order valence-electron chi connectivity index (χ1n) is 16.3. The Balaban J connectivity index is 0.000000246. The topological polar surface area (TPSA) is 203 Å². The second kappa shape index (κ2) is 25.7. The average Bonchev–Trinajstić information content (AvgIpc) is 3.17. The molecule has 0 fully saturated rings. The number of oxime groups is 2. The molecule has 0 bridgehead atoms. The van der Waals surface area contributed by atoms with Gasteiger partial charge >= 0.3 is 19.5 Å². The van der Waals surface area contributed by atoms with Crippen molar-refractivity contribution >= 4 is 12.4 Å². The quantitative estimate of drug-likeness (QED) is 0.0567. The molecule has 6 aromatic rings. The maximum absolute atomic E-state index is 10.9. The van der Waals surface area contributed by atoms with E-state index in [9.17, 15) is 10.2 Å². The first kappa shape index (κ1) is 43.0. The molecule has 0 amide bonds. The Labute approximate surface area is 321 Å². The number of aromatic nitrogens is 4. The van der Waals surface area contributed by atoms with E-state index in [1.165, 1.54) is 59.4 Å². The van der Waals surface area contributed by atoms with Crippen LogP contribution in [0.4, 0.5) is 0 Å². The van der Waals surface area contributed by atoms with Crippen molar-refractivity contribution in [1.29, 1.82) is 0 Å². The van der Waals surface area contributed by atoms with Crippen LogP contribution >= 0.6 is 0 Å². The zero-order chi connectivity index (χ0) is 37.2. The van der Waals surface area contributed by atoms with E-state index in [-0.39, 0.29) is 53.6 Å². The summed E-state index contributed by atoms with van der Waals surface area (Å²) < 4.78 is 0. The third-order valence-electron chi connectivity index (χ3n) is 7.25. The van der Waals surface area contributed by atoms with Crippen LogP contribution in [0.5, 0.6) is 23.0 Å². The molecule has 0 aliphatic heterocycles. The van der Waals surface area contributed by atoms with Gasteiger partial charge in [0.05, 0.1) is 12.4 Å². The minimum absolute atomic E-state index is 0. The molecule has 12 nitrogen and oxygen atoms in total. The van der Waals surface area contributed by atoms with Crippen LogP contribution in [0.15, 0.2) is 145 Å². The normalized spacial score (nSPS) is 10.1. The molecule has 4 N–H and O–H groups in total. The van der Waals surface area contributed by atoms with Crippen LogP contribution in [0.25, 0.3) is 0 Å². The van der Waals surface area contributed by atoms with Gasteiger partial charge in [0.2, 0.25) is 0 Å². The number of hydrogen-bond donors (Lipinski definition) is 4. The molecule has 268 valence electrons. The molecular formula is C40H40N6O6Zn. The van der Waals surface area contributed by atoms with Gasteiger partial charge in [0.1, 0.15) is 11.5 Å². The standard InChI is InChI=1S/2C13H14N2.2C7H7NO3.Zn/c2*1(2-12-4-8-14-9-5-12)3-13-6-10-15-11-7-13;2*9-6-2-1-5(4-8-11)7(10)3-6;/h2*4-11H,1-3H2;2*1-4,9-11H;/q;;;;+2/p-2/b;;2*8-4+;. The Morgan fingerprint density at radius 1 is 0.453 bits per heavy atom. The number of rotatable bonds is 10. The number of hydrogen-bond acceptors (Lipinski definition) is 12. The maximum atomic E-state index is 10.9. The van der Waals surface area contributed by atoms with Gasteiger partial charge in [-0.1, -0.05) is 33.9 Å². The van der Waals surface area contributed by atoms with Crippen molar-refractivity contribution in [3.8, 4) is 23.0 Å². The summed E-state index contributed by atoms with van der Waals surface area (Å²) in [5.74, 6) is -0.930. The van der Waals surface area contributed by atoms with Crippen LogP contribution in [-0.2, 0) is 45.2 Å².